The van der Waals surface area contributed by atoms with E-state index in [1.54, 1.807) is 0 Å². The molecule has 2 aliphatic rings. The number of benzene rings is 2. The maximum absolute atomic E-state index is 6.75. The monoisotopic (exact) mass is 497 g/mol. The molecule has 6 heteroatoms. The minimum atomic E-state index is -1.90. The molecular formula is C29H43NO4Si. The number of rotatable bonds is 9. The summed E-state index contributed by atoms with van der Waals surface area (Å²) in [5, 5.41) is 0.160. The molecular weight excluding hydrogens is 454 g/mol. The van der Waals surface area contributed by atoms with Gasteiger partial charge in [0.2, 0.25) is 0 Å². The molecule has 2 saturated heterocycles. The lowest BCUT2D eigenvalue weighted by molar-refractivity contribution is -0.217. The lowest BCUT2D eigenvalue weighted by Crippen LogP contribution is -2.73. The highest BCUT2D eigenvalue weighted by Crippen LogP contribution is 2.41. The van der Waals surface area contributed by atoms with E-state index in [0.717, 1.165) is 6.54 Å². The molecule has 0 radical (unpaired) electrons. The standard InChI is InChI=1S/C29H43NO4Si/c1-28(2,3)35(6,7)33-20-24-27(31-19-23-16-12-9-13-17-23)26(25-21-32-29(4,5)34-25)30(24)18-22-14-10-8-11-15-22/h8-17,24-27H,18-21H2,1-7H3/t24-,25+,26-,27-/m1/s1. The zero-order valence-electron chi connectivity index (χ0n) is 22.5. The van der Waals surface area contributed by atoms with Gasteiger partial charge in [-0.05, 0) is 43.1 Å². The Hall–Kier alpha value is -1.54. The Balaban J connectivity index is 1.58. The molecule has 5 nitrogen and oxygen atoms in total. The fraction of sp³-hybridized carbons (Fsp3) is 0.586. The summed E-state index contributed by atoms with van der Waals surface area (Å²) >= 11 is 0. The van der Waals surface area contributed by atoms with Gasteiger partial charge in [0.25, 0.3) is 0 Å². The van der Waals surface area contributed by atoms with E-state index in [0.29, 0.717) is 19.8 Å². The average Bonchev–Trinajstić information content (AvgIpc) is 3.15. The number of likely N-dealkylation sites (tertiary alicyclic amines) is 1. The zero-order chi connectivity index (χ0) is 25.3. The quantitative estimate of drug-likeness (QED) is 0.398. The van der Waals surface area contributed by atoms with Gasteiger partial charge in [-0.1, -0.05) is 81.4 Å². The van der Waals surface area contributed by atoms with Crippen LogP contribution in [0.1, 0.15) is 45.7 Å². The number of hydrogen-bond donors (Lipinski definition) is 0. The van der Waals surface area contributed by atoms with Crippen LogP contribution in [0.5, 0.6) is 0 Å². The summed E-state index contributed by atoms with van der Waals surface area (Å²) in [5.41, 5.74) is 2.47. The predicted octanol–water partition coefficient (Wildman–Crippen LogP) is 6.00. The van der Waals surface area contributed by atoms with E-state index in [4.69, 9.17) is 18.6 Å². The Morgan fingerprint density at radius 3 is 2.11 bits per heavy atom. The van der Waals surface area contributed by atoms with Crippen molar-refractivity contribution in [2.75, 3.05) is 13.2 Å². The Bertz CT molecular complexity index is 944. The molecule has 2 fully saturated rings. The maximum Gasteiger partial charge on any atom is 0.192 e. The Kier molecular flexibility index (Phi) is 7.91. The number of hydrogen-bond acceptors (Lipinski definition) is 5. The summed E-state index contributed by atoms with van der Waals surface area (Å²) in [6.07, 6.45) is -0.0372. The number of ether oxygens (including phenoxy) is 3. The van der Waals surface area contributed by atoms with Crippen LogP contribution >= 0.6 is 0 Å². The molecule has 2 heterocycles. The molecule has 0 aliphatic carbocycles. The molecule has 0 unspecified atom stereocenters. The van der Waals surface area contributed by atoms with Crippen LogP contribution in [-0.4, -0.2) is 56.5 Å². The van der Waals surface area contributed by atoms with E-state index in [1.165, 1.54) is 11.1 Å². The van der Waals surface area contributed by atoms with Gasteiger partial charge in [0.05, 0.1) is 38.0 Å². The van der Waals surface area contributed by atoms with Crippen molar-refractivity contribution in [3.63, 3.8) is 0 Å². The highest BCUT2D eigenvalue weighted by atomic mass is 28.4. The Morgan fingerprint density at radius 2 is 1.57 bits per heavy atom. The minimum absolute atomic E-state index is 0.00573. The fourth-order valence-electron chi connectivity index (χ4n) is 4.73. The Morgan fingerprint density at radius 1 is 0.971 bits per heavy atom. The average molecular weight is 498 g/mol. The lowest BCUT2D eigenvalue weighted by Gasteiger charge is -2.57. The maximum atomic E-state index is 6.75. The summed E-state index contributed by atoms with van der Waals surface area (Å²) in [5.74, 6) is -0.574. The normalized spacial score (nSPS) is 27.1. The first-order valence-electron chi connectivity index (χ1n) is 12.9. The predicted molar refractivity (Wildman–Crippen MR) is 143 cm³/mol. The summed E-state index contributed by atoms with van der Waals surface area (Å²) in [6.45, 7) is 18.1. The molecule has 2 aromatic carbocycles. The molecule has 4 atom stereocenters. The Labute approximate surface area is 212 Å². The van der Waals surface area contributed by atoms with Gasteiger partial charge in [-0.25, -0.2) is 0 Å². The van der Waals surface area contributed by atoms with E-state index >= 15 is 0 Å². The third-order valence-corrected chi connectivity index (χ3v) is 12.4. The second-order valence-electron chi connectivity index (χ2n) is 11.9. The van der Waals surface area contributed by atoms with Gasteiger partial charge in [0.1, 0.15) is 6.10 Å². The second kappa shape index (κ2) is 10.4. The van der Waals surface area contributed by atoms with Crippen LogP contribution in [0.15, 0.2) is 60.7 Å². The summed E-state index contributed by atoms with van der Waals surface area (Å²) < 4.78 is 25.8. The topological polar surface area (TPSA) is 40.2 Å². The van der Waals surface area contributed by atoms with Crippen molar-refractivity contribution in [1.29, 1.82) is 0 Å². The molecule has 2 aliphatic heterocycles. The fourth-order valence-corrected chi connectivity index (χ4v) is 5.75. The van der Waals surface area contributed by atoms with Gasteiger partial charge in [-0.2, -0.15) is 0 Å². The van der Waals surface area contributed by atoms with Crippen molar-refractivity contribution in [2.24, 2.45) is 0 Å². The molecule has 0 bridgehead atoms. The van der Waals surface area contributed by atoms with E-state index in [-0.39, 0.29) is 29.3 Å². The van der Waals surface area contributed by atoms with Gasteiger partial charge in [0, 0.05) is 6.54 Å². The molecule has 2 aromatic rings. The minimum Gasteiger partial charge on any atom is -0.415 e. The molecule has 35 heavy (non-hydrogen) atoms. The highest BCUT2D eigenvalue weighted by Gasteiger charge is 2.56. The molecule has 192 valence electrons. The van der Waals surface area contributed by atoms with Crippen LogP contribution in [0.3, 0.4) is 0 Å². The van der Waals surface area contributed by atoms with Crippen molar-refractivity contribution in [3.8, 4) is 0 Å². The van der Waals surface area contributed by atoms with Crippen LogP contribution in [-0.2, 0) is 31.8 Å². The molecule has 0 aromatic heterocycles. The molecule has 0 amide bonds. The van der Waals surface area contributed by atoms with Gasteiger partial charge < -0.3 is 18.6 Å². The van der Waals surface area contributed by atoms with E-state index in [1.807, 2.05) is 19.9 Å². The molecule has 0 spiro atoms. The van der Waals surface area contributed by atoms with E-state index in [9.17, 15) is 0 Å². The third kappa shape index (κ3) is 6.24. The van der Waals surface area contributed by atoms with Gasteiger partial charge in [0.15, 0.2) is 14.1 Å². The second-order valence-corrected chi connectivity index (χ2v) is 16.7. The van der Waals surface area contributed by atoms with Crippen LogP contribution in [0.2, 0.25) is 18.1 Å². The van der Waals surface area contributed by atoms with Crippen LogP contribution < -0.4 is 0 Å². The first-order valence-corrected chi connectivity index (χ1v) is 15.8. The van der Waals surface area contributed by atoms with Crippen molar-refractivity contribution >= 4 is 8.32 Å². The van der Waals surface area contributed by atoms with Gasteiger partial charge >= 0.3 is 0 Å². The summed E-state index contributed by atoms with van der Waals surface area (Å²) in [6, 6.07) is 21.3. The SMILES string of the molecule is CC1(C)OC[C@@H]([C@@H]2[C@H](OCc3ccccc3)[C@@H](CO[Si](C)(C)C(C)(C)C)N2Cc2ccccc2)O1. The van der Waals surface area contributed by atoms with Crippen molar-refractivity contribution < 1.29 is 18.6 Å². The first-order chi connectivity index (χ1) is 16.5. The van der Waals surface area contributed by atoms with E-state index < -0.39 is 14.1 Å². The molecule has 4 rings (SSSR count). The molecule has 0 saturated carbocycles. The number of nitrogens with zero attached hydrogens (tertiary/aromatic N) is 1. The highest BCUT2D eigenvalue weighted by molar-refractivity contribution is 6.74. The van der Waals surface area contributed by atoms with Crippen LogP contribution in [0.25, 0.3) is 0 Å². The lowest BCUT2D eigenvalue weighted by atomic mass is 9.84. The summed E-state index contributed by atoms with van der Waals surface area (Å²) in [7, 11) is -1.90. The molecule has 0 N–H and O–H groups in total. The third-order valence-electron chi connectivity index (χ3n) is 7.85. The van der Waals surface area contributed by atoms with Crippen molar-refractivity contribution in [2.45, 2.75) is 96.0 Å². The van der Waals surface area contributed by atoms with Crippen molar-refractivity contribution in [3.05, 3.63) is 71.8 Å². The van der Waals surface area contributed by atoms with E-state index in [2.05, 4.69) is 93.4 Å². The van der Waals surface area contributed by atoms with Crippen LogP contribution in [0, 0.1) is 0 Å². The largest absolute Gasteiger partial charge is 0.415 e. The first kappa shape index (κ1) is 26.5. The van der Waals surface area contributed by atoms with Crippen LogP contribution in [0.4, 0.5) is 0 Å². The van der Waals surface area contributed by atoms with Crippen molar-refractivity contribution in [1.82, 2.24) is 4.90 Å². The summed E-state index contributed by atoms with van der Waals surface area (Å²) in [4.78, 5) is 2.52. The smallest absolute Gasteiger partial charge is 0.192 e. The van der Waals surface area contributed by atoms with Gasteiger partial charge in [-0.15, -0.1) is 0 Å². The zero-order valence-corrected chi connectivity index (χ0v) is 23.5. The van der Waals surface area contributed by atoms with Gasteiger partial charge in [-0.3, -0.25) is 4.90 Å².